The average Bonchev–Trinajstić information content (AvgIpc) is 3.12. The molecule has 6 nitrogen and oxygen atoms in total. The number of sulfone groups is 1. The smallest absolute Gasteiger partial charge is 0.250 e. The van der Waals surface area contributed by atoms with E-state index < -0.39 is 9.84 Å². The van der Waals surface area contributed by atoms with Gasteiger partial charge in [-0.25, -0.2) is 8.42 Å². The van der Waals surface area contributed by atoms with Gasteiger partial charge in [0, 0.05) is 24.3 Å². The van der Waals surface area contributed by atoms with Crippen LogP contribution in [0.1, 0.15) is 32.1 Å². The molecule has 1 aromatic heterocycles. The highest BCUT2D eigenvalue weighted by atomic mass is 32.2. The Morgan fingerprint density at radius 1 is 1.17 bits per heavy atom. The zero-order valence-corrected chi connectivity index (χ0v) is 13.9. The summed E-state index contributed by atoms with van der Waals surface area (Å²) >= 11 is 0. The summed E-state index contributed by atoms with van der Waals surface area (Å²) in [6.07, 6.45) is 6.09. The standard InChI is InChI=1S/C16H22N2O4S/c19-15-7-3-4-9-17(15)11-16(20)18(13-5-1-2-6-13)14-8-10-23(21,22)12-14/h3-4,7,9,13-14H,1-2,5-6,8,10-12H2. The lowest BCUT2D eigenvalue weighted by molar-refractivity contribution is -0.136. The average molecular weight is 338 g/mol. The number of carbonyl (C=O) groups is 1. The van der Waals surface area contributed by atoms with Crippen molar-refractivity contribution in [3.8, 4) is 0 Å². The molecular weight excluding hydrogens is 316 g/mol. The summed E-state index contributed by atoms with van der Waals surface area (Å²) in [6, 6.07) is 4.65. The van der Waals surface area contributed by atoms with Gasteiger partial charge in [-0.3, -0.25) is 9.59 Å². The van der Waals surface area contributed by atoms with E-state index in [1.807, 2.05) is 0 Å². The van der Waals surface area contributed by atoms with Crippen LogP contribution in [0.4, 0.5) is 0 Å². The predicted molar refractivity (Wildman–Crippen MR) is 86.9 cm³/mol. The fourth-order valence-corrected chi connectivity index (χ4v) is 5.41. The molecule has 7 heteroatoms. The van der Waals surface area contributed by atoms with Crippen LogP contribution in [0.25, 0.3) is 0 Å². The van der Waals surface area contributed by atoms with Crippen LogP contribution in [0, 0.1) is 0 Å². The molecule has 126 valence electrons. The van der Waals surface area contributed by atoms with E-state index in [4.69, 9.17) is 0 Å². The quantitative estimate of drug-likeness (QED) is 0.814. The van der Waals surface area contributed by atoms with Crippen molar-refractivity contribution in [3.63, 3.8) is 0 Å². The van der Waals surface area contributed by atoms with E-state index in [0.717, 1.165) is 25.7 Å². The normalized spacial score (nSPS) is 23.9. The van der Waals surface area contributed by atoms with E-state index in [1.165, 1.54) is 10.6 Å². The van der Waals surface area contributed by atoms with Crippen molar-refractivity contribution < 1.29 is 13.2 Å². The molecule has 1 saturated heterocycles. The molecular formula is C16H22N2O4S. The molecule has 1 unspecified atom stereocenters. The van der Waals surface area contributed by atoms with Crippen molar-refractivity contribution in [1.29, 1.82) is 0 Å². The summed E-state index contributed by atoms with van der Waals surface area (Å²) in [5, 5.41) is 0. The summed E-state index contributed by atoms with van der Waals surface area (Å²) < 4.78 is 25.0. The molecule has 1 aliphatic heterocycles. The number of aromatic nitrogens is 1. The van der Waals surface area contributed by atoms with Gasteiger partial charge in [-0.2, -0.15) is 0 Å². The van der Waals surface area contributed by atoms with Gasteiger partial charge >= 0.3 is 0 Å². The third-order valence-corrected chi connectivity index (χ3v) is 6.56. The molecule has 0 N–H and O–H groups in total. The highest BCUT2D eigenvalue weighted by molar-refractivity contribution is 7.91. The van der Waals surface area contributed by atoms with Gasteiger partial charge in [0.25, 0.3) is 5.56 Å². The highest BCUT2D eigenvalue weighted by Crippen LogP contribution is 2.29. The zero-order chi connectivity index (χ0) is 16.4. The topological polar surface area (TPSA) is 76.5 Å². The number of hydrogen-bond acceptors (Lipinski definition) is 4. The first-order valence-corrected chi connectivity index (χ1v) is 9.95. The lowest BCUT2D eigenvalue weighted by atomic mass is 10.1. The second-order valence-corrected chi connectivity index (χ2v) is 8.69. The Bertz CT molecular complexity index is 734. The lowest BCUT2D eigenvalue weighted by Crippen LogP contribution is -2.48. The van der Waals surface area contributed by atoms with Crippen LogP contribution in [0.2, 0.25) is 0 Å². The molecule has 1 atom stereocenters. The second kappa shape index (κ2) is 6.47. The number of rotatable bonds is 4. The summed E-state index contributed by atoms with van der Waals surface area (Å²) in [7, 11) is -3.05. The predicted octanol–water partition coefficient (Wildman–Crippen LogP) is 0.807. The molecule has 2 aliphatic rings. The van der Waals surface area contributed by atoms with Crippen molar-refractivity contribution >= 4 is 15.7 Å². The summed E-state index contributed by atoms with van der Waals surface area (Å²) in [5.74, 6) is 0.0607. The van der Waals surface area contributed by atoms with E-state index in [-0.39, 0.29) is 41.6 Å². The Morgan fingerprint density at radius 3 is 2.52 bits per heavy atom. The fraction of sp³-hybridized carbons (Fsp3) is 0.625. The van der Waals surface area contributed by atoms with E-state index in [2.05, 4.69) is 0 Å². The molecule has 1 amide bonds. The van der Waals surface area contributed by atoms with E-state index in [1.54, 1.807) is 23.2 Å². The minimum absolute atomic E-state index is 0.0211. The van der Waals surface area contributed by atoms with E-state index >= 15 is 0 Å². The summed E-state index contributed by atoms with van der Waals surface area (Å²) in [5.41, 5.74) is -0.216. The van der Waals surface area contributed by atoms with Gasteiger partial charge in [0.05, 0.1) is 11.5 Å². The maximum atomic E-state index is 12.8. The van der Waals surface area contributed by atoms with Crippen molar-refractivity contribution in [3.05, 3.63) is 34.7 Å². The van der Waals surface area contributed by atoms with Gasteiger partial charge in [0.1, 0.15) is 6.54 Å². The van der Waals surface area contributed by atoms with Crippen molar-refractivity contribution in [2.75, 3.05) is 11.5 Å². The highest BCUT2D eigenvalue weighted by Gasteiger charge is 2.38. The number of amides is 1. The summed E-state index contributed by atoms with van der Waals surface area (Å²) in [4.78, 5) is 26.4. The number of pyridine rings is 1. The van der Waals surface area contributed by atoms with Gasteiger partial charge in [-0.15, -0.1) is 0 Å². The van der Waals surface area contributed by atoms with Crippen LogP contribution in [-0.2, 0) is 21.2 Å². The monoisotopic (exact) mass is 338 g/mol. The van der Waals surface area contributed by atoms with E-state index in [9.17, 15) is 18.0 Å². The largest absolute Gasteiger partial charge is 0.334 e. The minimum atomic E-state index is -3.05. The Labute approximate surface area is 136 Å². The summed E-state index contributed by atoms with van der Waals surface area (Å²) in [6.45, 7) is -0.0211. The minimum Gasteiger partial charge on any atom is -0.334 e. The van der Waals surface area contributed by atoms with Crippen molar-refractivity contribution in [1.82, 2.24) is 9.47 Å². The first-order chi connectivity index (χ1) is 11.0. The van der Waals surface area contributed by atoms with Gasteiger partial charge in [-0.1, -0.05) is 18.9 Å². The van der Waals surface area contributed by atoms with Crippen molar-refractivity contribution in [2.24, 2.45) is 0 Å². The van der Waals surface area contributed by atoms with Gasteiger partial charge < -0.3 is 9.47 Å². The Hall–Kier alpha value is -1.63. The molecule has 1 aromatic rings. The van der Waals surface area contributed by atoms with Crippen LogP contribution in [-0.4, -0.2) is 47.4 Å². The molecule has 23 heavy (non-hydrogen) atoms. The van der Waals surface area contributed by atoms with Crippen LogP contribution in [0.15, 0.2) is 29.2 Å². The van der Waals surface area contributed by atoms with Gasteiger partial charge in [0.15, 0.2) is 9.84 Å². The molecule has 0 bridgehead atoms. The molecule has 0 spiro atoms. The first-order valence-electron chi connectivity index (χ1n) is 8.13. The second-order valence-electron chi connectivity index (χ2n) is 6.46. The Morgan fingerprint density at radius 2 is 1.91 bits per heavy atom. The van der Waals surface area contributed by atoms with Crippen LogP contribution >= 0.6 is 0 Å². The van der Waals surface area contributed by atoms with Gasteiger partial charge in [0.2, 0.25) is 5.91 Å². The molecule has 0 radical (unpaired) electrons. The molecule has 3 rings (SSSR count). The lowest BCUT2D eigenvalue weighted by Gasteiger charge is -2.34. The van der Waals surface area contributed by atoms with Crippen LogP contribution in [0.5, 0.6) is 0 Å². The van der Waals surface area contributed by atoms with E-state index in [0.29, 0.717) is 6.42 Å². The molecule has 2 heterocycles. The maximum absolute atomic E-state index is 12.8. The Balaban J connectivity index is 1.81. The maximum Gasteiger partial charge on any atom is 0.250 e. The molecule has 1 saturated carbocycles. The van der Waals surface area contributed by atoms with Crippen molar-refractivity contribution in [2.45, 2.75) is 50.7 Å². The number of nitrogens with zero attached hydrogens (tertiary/aromatic N) is 2. The number of hydrogen-bond donors (Lipinski definition) is 0. The van der Waals surface area contributed by atoms with Crippen LogP contribution in [0.3, 0.4) is 0 Å². The molecule has 2 fully saturated rings. The third-order valence-electron chi connectivity index (χ3n) is 4.81. The third kappa shape index (κ3) is 3.65. The van der Waals surface area contributed by atoms with Gasteiger partial charge in [-0.05, 0) is 25.3 Å². The van der Waals surface area contributed by atoms with Crippen LogP contribution < -0.4 is 5.56 Å². The molecule has 0 aromatic carbocycles. The SMILES string of the molecule is O=C(Cn1ccccc1=O)N(C1CCCC1)C1CCS(=O)(=O)C1. The zero-order valence-electron chi connectivity index (χ0n) is 13.1. The Kier molecular flexibility index (Phi) is 4.57. The fourth-order valence-electron chi connectivity index (χ4n) is 3.70. The first kappa shape index (κ1) is 16.2. The molecule has 1 aliphatic carbocycles. The number of carbonyl (C=O) groups excluding carboxylic acids is 1.